The molecule has 0 nitrogen and oxygen atoms in total. The highest BCUT2D eigenvalue weighted by Gasteiger charge is 2.38. The van der Waals surface area contributed by atoms with Crippen molar-refractivity contribution in [2.75, 3.05) is 5.88 Å². The summed E-state index contributed by atoms with van der Waals surface area (Å²) in [5.41, 5.74) is 0. The molecular formula is C11H19Cl. The summed E-state index contributed by atoms with van der Waals surface area (Å²) in [7, 11) is 0. The summed E-state index contributed by atoms with van der Waals surface area (Å²) in [5.74, 6) is 4.19. The Morgan fingerprint density at radius 1 is 1.08 bits per heavy atom. The Morgan fingerprint density at radius 2 is 2.00 bits per heavy atom. The molecule has 0 spiro atoms. The summed E-state index contributed by atoms with van der Waals surface area (Å²) in [5, 5.41) is 0. The van der Waals surface area contributed by atoms with Crippen LogP contribution in [0.5, 0.6) is 0 Å². The second kappa shape index (κ2) is 4.00. The Labute approximate surface area is 80.7 Å². The predicted molar refractivity (Wildman–Crippen MR) is 53.5 cm³/mol. The van der Waals surface area contributed by atoms with Crippen LogP contribution in [-0.2, 0) is 0 Å². The largest absolute Gasteiger partial charge is 0.127 e. The van der Waals surface area contributed by atoms with Gasteiger partial charge in [-0.1, -0.05) is 19.3 Å². The molecule has 70 valence electrons. The quantitative estimate of drug-likeness (QED) is 0.463. The molecule has 3 atom stereocenters. The first kappa shape index (κ1) is 8.87. The normalized spacial score (nSPS) is 39.2. The Hall–Kier alpha value is 0.290. The third-order valence-electron chi connectivity index (χ3n) is 3.84. The molecule has 0 saturated heterocycles. The molecule has 12 heavy (non-hydrogen) atoms. The fourth-order valence-electron chi connectivity index (χ4n) is 3.23. The number of hydrogen-bond acceptors (Lipinski definition) is 0. The molecule has 2 saturated carbocycles. The highest BCUT2D eigenvalue weighted by molar-refractivity contribution is 6.17. The standard InChI is InChI=1S/C11H19Cl/c12-6-2-1-3-10-7-9-4-5-11(10)8-9/h9-11H,1-8H2. The van der Waals surface area contributed by atoms with E-state index < -0.39 is 0 Å². The summed E-state index contributed by atoms with van der Waals surface area (Å²) in [6.45, 7) is 0. The summed E-state index contributed by atoms with van der Waals surface area (Å²) < 4.78 is 0. The zero-order valence-electron chi connectivity index (χ0n) is 7.77. The lowest BCUT2D eigenvalue weighted by Crippen LogP contribution is -2.09. The molecular weight excluding hydrogens is 168 g/mol. The Kier molecular flexibility index (Phi) is 2.96. The van der Waals surface area contributed by atoms with Gasteiger partial charge in [0.1, 0.15) is 0 Å². The number of fused-ring (bicyclic) bond motifs is 2. The average Bonchev–Trinajstić information content (AvgIpc) is 2.65. The molecule has 0 heterocycles. The number of alkyl halides is 1. The van der Waals surface area contributed by atoms with Crippen LogP contribution < -0.4 is 0 Å². The third kappa shape index (κ3) is 1.79. The first-order chi connectivity index (χ1) is 5.90. The van der Waals surface area contributed by atoms with E-state index in [0.717, 1.165) is 23.6 Å². The van der Waals surface area contributed by atoms with Crippen molar-refractivity contribution in [2.24, 2.45) is 17.8 Å². The topological polar surface area (TPSA) is 0 Å². The van der Waals surface area contributed by atoms with Gasteiger partial charge in [-0.15, -0.1) is 11.6 Å². The lowest BCUT2D eigenvalue weighted by atomic mass is 9.85. The number of halogens is 1. The van der Waals surface area contributed by atoms with Crippen molar-refractivity contribution in [1.82, 2.24) is 0 Å². The van der Waals surface area contributed by atoms with Crippen LogP contribution in [0.4, 0.5) is 0 Å². The zero-order valence-corrected chi connectivity index (χ0v) is 8.52. The molecule has 2 fully saturated rings. The minimum Gasteiger partial charge on any atom is -0.127 e. The van der Waals surface area contributed by atoms with E-state index in [4.69, 9.17) is 11.6 Å². The monoisotopic (exact) mass is 186 g/mol. The highest BCUT2D eigenvalue weighted by atomic mass is 35.5. The molecule has 3 unspecified atom stereocenters. The van der Waals surface area contributed by atoms with Crippen molar-refractivity contribution in [1.29, 1.82) is 0 Å². The van der Waals surface area contributed by atoms with Crippen molar-refractivity contribution >= 4 is 11.6 Å². The van der Waals surface area contributed by atoms with Gasteiger partial charge < -0.3 is 0 Å². The maximum atomic E-state index is 5.67. The summed E-state index contributed by atoms with van der Waals surface area (Å²) in [4.78, 5) is 0. The predicted octanol–water partition coefficient (Wildman–Crippen LogP) is 3.83. The van der Waals surface area contributed by atoms with Crippen molar-refractivity contribution in [2.45, 2.75) is 44.9 Å². The molecule has 0 aromatic carbocycles. The van der Waals surface area contributed by atoms with E-state index in [-0.39, 0.29) is 0 Å². The molecule has 2 aliphatic rings. The van der Waals surface area contributed by atoms with E-state index in [2.05, 4.69) is 0 Å². The van der Waals surface area contributed by atoms with Gasteiger partial charge in [0, 0.05) is 5.88 Å². The molecule has 0 aromatic heterocycles. The van der Waals surface area contributed by atoms with E-state index in [1.54, 1.807) is 12.8 Å². The molecule has 0 aromatic rings. The van der Waals surface area contributed by atoms with E-state index in [0.29, 0.717) is 0 Å². The number of hydrogen-bond donors (Lipinski definition) is 0. The maximum absolute atomic E-state index is 5.67. The van der Waals surface area contributed by atoms with Gasteiger partial charge in [0.15, 0.2) is 0 Å². The van der Waals surface area contributed by atoms with E-state index in [9.17, 15) is 0 Å². The second-order valence-corrected chi connectivity index (χ2v) is 5.00. The van der Waals surface area contributed by atoms with Crippen LogP contribution in [-0.4, -0.2) is 5.88 Å². The molecule has 1 heteroatoms. The number of unbranched alkanes of at least 4 members (excludes halogenated alkanes) is 1. The lowest BCUT2D eigenvalue weighted by Gasteiger charge is -2.20. The Morgan fingerprint density at radius 3 is 2.58 bits per heavy atom. The van der Waals surface area contributed by atoms with Gasteiger partial charge >= 0.3 is 0 Å². The fourth-order valence-corrected chi connectivity index (χ4v) is 3.42. The summed E-state index contributed by atoms with van der Waals surface area (Å²) in [6.07, 6.45) is 10.3. The molecule has 2 rings (SSSR count). The second-order valence-electron chi connectivity index (χ2n) is 4.62. The van der Waals surface area contributed by atoms with Crippen molar-refractivity contribution in [3.8, 4) is 0 Å². The van der Waals surface area contributed by atoms with Crippen molar-refractivity contribution < 1.29 is 0 Å². The maximum Gasteiger partial charge on any atom is 0.0223 e. The number of rotatable bonds is 4. The van der Waals surface area contributed by atoms with E-state index in [1.807, 2.05) is 0 Å². The van der Waals surface area contributed by atoms with Crippen LogP contribution in [0.2, 0.25) is 0 Å². The van der Waals surface area contributed by atoms with Gasteiger partial charge in [-0.2, -0.15) is 0 Å². The van der Waals surface area contributed by atoms with Crippen LogP contribution in [0.25, 0.3) is 0 Å². The highest BCUT2D eigenvalue weighted by Crippen LogP contribution is 2.49. The van der Waals surface area contributed by atoms with Gasteiger partial charge in [0.05, 0.1) is 0 Å². The SMILES string of the molecule is ClCCCCC1CC2CCC1C2. The third-order valence-corrected chi connectivity index (χ3v) is 4.11. The minimum absolute atomic E-state index is 0.862. The average molecular weight is 187 g/mol. The van der Waals surface area contributed by atoms with Crippen LogP contribution >= 0.6 is 11.6 Å². The van der Waals surface area contributed by atoms with Crippen LogP contribution in [0.15, 0.2) is 0 Å². The van der Waals surface area contributed by atoms with Gasteiger partial charge in [-0.05, 0) is 43.4 Å². The molecule has 0 radical (unpaired) electrons. The Bertz CT molecular complexity index is 144. The lowest BCUT2D eigenvalue weighted by molar-refractivity contribution is 0.308. The van der Waals surface area contributed by atoms with Crippen molar-refractivity contribution in [3.63, 3.8) is 0 Å². The molecule has 0 amide bonds. The summed E-state index contributed by atoms with van der Waals surface area (Å²) >= 11 is 5.67. The van der Waals surface area contributed by atoms with Crippen molar-refractivity contribution in [3.05, 3.63) is 0 Å². The smallest absolute Gasteiger partial charge is 0.0223 e. The van der Waals surface area contributed by atoms with Crippen LogP contribution in [0.3, 0.4) is 0 Å². The zero-order chi connectivity index (χ0) is 8.39. The molecule has 0 N–H and O–H groups in total. The van der Waals surface area contributed by atoms with Gasteiger partial charge in [-0.25, -0.2) is 0 Å². The fraction of sp³-hybridized carbons (Fsp3) is 1.00. The van der Waals surface area contributed by atoms with Crippen LogP contribution in [0, 0.1) is 17.8 Å². The van der Waals surface area contributed by atoms with Gasteiger partial charge in [0.25, 0.3) is 0 Å². The van der Waals surface area contributed by atoms with E-state index in [1.165, 1.54) is 32.1 Å². The van der Waals surface area contributed by atoms with Gasteiger partial charge in [0.2, 0.25) is 0 Å². The minimum atomic E-state index is 0.862. The summed E-state index contributed by atoms with van der Waals surface area (Å²) in [6, 6.07) is 0. The van der Waals surface area contributed by atoms with Gasteiger partial charge in [-0.3, -0.25) is 0 Å². The first-order valence-electron chi connectivity index (χ1n) is 5.46. The van der Waals surface area contributed by atoms with Crippen LogP contribution in [0.1, 0.15) is 44.9 Å². The molecule has 0 aliphatic heterocycles. The molecule has 2 aliphatic carbocycles. The first-order valence-corrected chi connectivity index (χ1v) is 5.99. The molecule has 2 bridgehead atoms. The van der Waals surface area contributed by atoms with E-state index >= 15 is 0 Å². The Balaban J connectivity index is 1.69.